The van der Waals surface area contributed by atoms with Crippen LogP contribution in [0.2, 0.25) is 0 Å². The molecule has 9 heteroatoms. The SMILES string of the molecule is Cc1cc(OCCN(C)C)c2oc3cc(Oc4ccc(CCC(=O)N5CCN(C)CC5)nc4)ccc3c(=O)c2c1. The molecule has 0 spiro atoms. The first-order valence-corrected chi connectivity index (χ1v) is 13.6. The molecular weight excluding hydrogens is 508 g/mol. The summed E-state index contributed by atoms with van der Waals surface area (Å²) in [6.07, 6.45) is 2.67. The van der Waals surface area contributed by atoms with Crippen LogP contribution in [-0.4, -0.2) is 86.1 Å². The van der Waals surface area contributed by atoms with Gasteiger partial charge in [-0.05, 0) is 76.4 Å². The monoisotopic (exact) mass is 544 g/mol. The first kappa shape index (κ1) is 27.6. The minimum atomic E-state index is -0.110. The summed E-state index contributed by atoms with van der Waals surface area (Å²) in [6, 6.07) is 12.6. The topological polar surface area (TPSA) is 88.3 Å². The van der Waals surface area contributed by atoms with E-state index in [-0.39, 0.29) is 11.3 Å². The number of hydrogen-bond donors (Lipinski definition) is 0. The van der Waals surface area contributed by atoms with E-state index in [1.165, 1.54) is 0 Å². The molecule has 3 heterocycles. The van der Waals surface area contributed by atoms with Crippen LogP contribution in [0, 0.1) is 6.92 Å². The molecule has 2 aromatic heterocycles. The van der Waals surface area contributed by atoms with Crippen molar-refractivity contribution in [3.8, 4) is 17.2 Å². The number of nitrogens with zero attached hydrogens (tertiary/aromatic N) is 4. The van der Waals surface area contributed by atoms with Crippen LogP contribution in [0.5, 0.6) is 17.2 Å². The van der Waals surface area contributed by atoms with Crippen molar-refractivity contribution in [1.29, 1.82) is 0 Å². The quantitative estimate of drug-likeness (QED) is 0.291. The third-order valence-corrected chi connectivity index (χ3v) is 7.13. The Balaban J connectivity index is 1.29. The fourth-order valence-corrected chi connectivity index (χ4v) is 4.76. The summed E-state index contributed by atoms with van der Waals surface area (Å²) >= 11 is 0. The second kappa shape index (κ2) is 12.1. The number of hydrogen-bond acceptors (Lipinski definition) is 8. The number of benzene rings is 2. The van der Waals surface area contributed by atoms with Gasteiger partial charge in [0, 0.05) is 50.9 Å². The van der Waals surface area contributed by atoms with Gasteiger partial charge in [0.2, 0.25) is 11.3 Å². The summed E-state index contributed by atoms with van der Waals surface area (Å²) in [4.78, 5) is 36.5. The molecule has 2 aromatic carbocycles. The Labute approximate surface area is 233 Å². The second-order valence-corrected chi connectivity index (χ2v) is 10.7. The molecule has 1 saturated heterocycles. The van der Waals surface area contributed by atoms with Crippen molar-refractivity contribution in [1.82, 2.24) is 19.7 Å². The molecule has 1 fully saturated rings. The molecule has 1 aliphatic heterocycles. The summed E-state index contributed by atoms with van der Waals surface area (Å²) < 4.78 is 18.2. The highest BCUT2D eigenvalue weighted by atomic mass is 16.5. The molecule has 0 bridgehead atoms. The number of likely N-dealkylation sites (N-methyl/N-ethyl adjacent to an activating group) is 2. The summed E-state index contributed by atoms with van der Waals surface area (Å²) in [6.45, 7) is 6.53. The Kier molecular flexibility index (Phi) is 8.32. The maximum Gasteiger partial charge on any atom is 0.223 e. The Morgan fingerprint density at radius 2 is 1.80 bits per heavy atom. The summed E-state index contributed by atoms with van der Waals surface area (Å²) in [7, 11) is 6.03. The molecule has 1 aliphatic rings. The van der Waals surface area contributed by atoms with E-state index in [4.69, 9.17) is 13.9 Å². The number of carbonyl (C=O) groups is 1. The van der Waals surface area contributed by atoms with Crippen LogP contribution in [0.3, 0.4) is 0 Å². The second-order valence-electron chi connectivity index (χ2n) is 10.7. The summed E-state index contributed by atoms with van der Waals surface area (Å²) in [5, 5.41) is 0.968. The lowest BCUT2D eigenvalue weighted by atomic mass is 10.1. The molecule has 0 atom stereocenters. The molecule has 5 rings (SSSR count). The van der Waals surface area contributed by atoms with Crippen LogP contribution in [-0.2, 0) is 11.2 Å². The van der Waals surface area contributed by atoms with Crippen LogP contribution in [0.4, 0.5) is 0 Å². The van der Waals surface area contributed by atoms with Gasteiger partial charge < -0.3 is 28.6 Å². The maximum atomic E-state index is 13.3. The van der Waals surface area contributed by atoms with E-state index < -0.39 is 0 Å². The maximum absolute atomic E-state index is 13.3. The zero-order valence-electron chi connectivity index (χ0n) is 23.6. The minimum absolute atomic E-state index is 0.110. The molecule has 0 aliphatic carbocycles. The Morgan fingerprint density at radius 3 is 2.52 bits per heavy atom. The first-order valence-electron chi connectivity index (χ1n) is 13.6. The van der Waals surface area contributed by atoms with Crippen LogP contribution < -0.4 is 14.9 Å². The van der Waals surface area contributed by atoms with Crippen molar-refractivity contribution >= 4 is 27.8 Å². The van der Waals surface area contributed by atoms with Crippen molar-refractivity contribution in [2.45, 2.75) is 19.8 Å². The molecule has 40 heavy (non-hydrogen) atoms. The Hall–Kier alpha value is -3.95. The summed E-state index contributed by atoms with van der Waals surface area (Å²) in [5.41, 5.74) is 2.50. The van der Waals surface area contributed by atoms with Gasteiger partial charge in [-0.25, -0.2) is 0 Å². The standard InChI is InChI=1S/C31H36N4O5/c1-21-17-26-30(37)25-9-8-23(19-27(25)40-31(26)28(18-21)38-16-15-33(2)3)39-24-7-5-22(32-20-24)6-10-29(36)35-13-11-34(4)12-14-35/h5,7-9,17-20H,6,10-16H2,1-4H3. The molecule has 0 radical (unpaired) electrons. The van der Waals surface area contributed by atoms with Gasteiger partial charge in [-0.1, -0.05) is 0 Å². The number of pyridine rings is 1. The lowest BCUT2D eigenvalue weighted by Crippen LogP contribution is -2.47. The predicted octanol–water partition coefficient (Wildman–Crippen LogP) is 4.09. The number of carbonyl (C=O) groups excluding carboxylic acids is 1. The smallest absolute Gasteiger partial charge is 0.223 e. The first-order chi connectivity index (χ1) is 19.3. The lowest BCUT2D eigenvalue weighted by molar-refractivity contribution is -0.132. The van der Waals surface area contributed by atoms with E-state index in [2.05, 4.69) is 16.9 Å². The van der Waals surface area contributed by atoms with E-state index in [0.29, 0.717) is 58.6 Å². The van der Waals surface area contributed by atoms with E-state index in [1.54, 1.807) is 24.4 Å². The lowest BCUT2D eigenvalue weighted by Gasteiger charge is -2.32. The van der Waals surface area contributed by atoms with Crippen molar-refractivity contribution in [3.05, 3.63) is 70.1 Å². The number of aromatic nitrogens is 1. The summed E-state index contributed by atoms with van der Waals surface area (Å²) in [5.74, 6) is 1.80. The van der Waals surface area contributed by atoms with Crippen LogP contribution in [0.1, 0.15) is 17.7 Å². The molecule has 9 nitrogen and oxygen atoms in total. The Bertz CT molecular complexity index is 1560. The average Bonchev–Trinajstić information content (AvgIpc) is 2.93. The molecule has 210 valence electrons. The molecule has 0 saturated carbocycles. The largest absolute Gasteiger partial charge is 0.488 e. The molecule has 4 aromatic rings. The van der Waals surface area contributed by atoms with Crippen LogP contribution in [0.25, 0.3) is 21.9 Å². The highest BCUT2D eigenvalue weighted by Crippen LogP contribution is 2.31. The van der Waals surface area contributed by atoms with Crippen molar-refractivity contribution in [3.63, 3.8) is 0 Å². The number of fused-ring (bicyclic) bond motifs is 2. The van der Waals surface area contributed by atoms with Crippen LogP contribution >= 0.6 is 0 Å². The number of aryl methyl sites for hydroxylation is 2. The van der Waals surface area contributed by atoms with Gasteiger partial charge in [0.25, 0.3) is 0 Å². The number of rotatable bonds is 9. The van der Waals surface area contributed by atoms with Gasteiger partial charge in [-0.2, -0.15) is 0 Å². The third-order valence-electron chi connectivity index (χ3n) is 7.13. The Morgan fingerprint density at radius 1 is 1.02 bits per heavy atom. The van der Waals surface area contributed by atoms with Crippen molar-refractivity contribution in [2.24, 2.45) is 0 Å². The van der Waals surface area contributed by atoms with Gasteiger partial charge in [0.15, 0.2) is 11.3 Å². The van der Waals surface area contributed by atoms with Gasteiger partial charge in [0.1, 0.15) is 23.7 Å². The number of ether oxygens (including phenoxy) is 2. The van der Waals surface area contributed by atoms with E-state index in [1.807, 2.05) is 55.1 Å². The van der Waals surface area contributed by atoms with E-state index in [9.17, 15) is 9.59 Å². The highest BCUT2D eigenvalue weighted by Gasteiger charge is 2.19. The minimum Gasteiger partial charge on any atom is -0.488 e. The van der Waals surface area contributed by atoms with Gasteiger partial charge >= 0.3 is 0 Å². The molecule has 0 unspecified atom stereocenters. The van der Waals surface area contributed by atoms with Crippen molar-refractivity contribution in [2.75, 3.05) is 60.5 Å². The number of piperazine rings is 1. The molecule has 0 N–H and O–H groups in total. The average molecular weight is 545 g/mol. The van der Waals surface area contributed by atoms with Crippen molar-refractivity contribution < 1.29 is 18.7 Å². The normalized spacial score (nSPS) is 14.3. The van der Waals surface area contributed by atoms with E-state index >= 15 is 0 Å². The fourth-order valence-electron chi connectivity index (χ4n) is 4.76. The van der Waals surface area contributed by atoms with E-state index in [0.717, 1.165) is 44.0 Å². The fraction of sp³-hybridized carbons (Fsp3) is 0.387. The van der Waals surface area contributed by atoms with Crippen LogP contribution in [0.15, 0.2) is 57.9 Å². The number of amides is 1. The molecular formula is C31H36N4O5. The van der Waals surface area contributed by atoms with Gasteiger partial charge in [0.05, 0.1) is 17.0 Å². The third kappa shape index (κ3) is 6.43. The van der Waals surface area contributed by atoms with Gasteiger partial charge in [-0.15, -0.1) is 0 Å². The zero-order chi connectivity index (χ0) is 28.2. The predicted molar refractivity (Wildman–Crippen MR) is 155 cm³/mol. The molecule has 1 amide bonds. The zero-order valence-corrected chi connectivity index (χ0v) is 23.6. The highest BCUT2D eigenvalue weighted by molar-refractivity contribution is 5.93. The van der Waals surface area contributed by atoms with Gasteiger partial charge in [-0.3, -0.25) is 14.6 Å².